The molecule has 0 aliphatic rings. The number of nitrogens with zero attached hydrogens (tertiary/aromatic N) is 7. The van der Waals surface area contributed by atoms with Crippen LogP contribution >= 0.6 is 0 Å². The molecule has 0 aliphatic carbocycles. The summed E-state index contributed by atoms with van der Waals surface area (Å²) in [6.45, 7) is 8.57. The van der Waals surface area contributed by atoms with Gasteiger partial charge in [0.15, 0.2) is 0 Å². The van der Waals surface area contributed by atoms with Crippen LogP contribution in [0.5, 0.6) is 0 Å². The van der Waals surface area contributed by atoms with E-state index in [1.165, 1.54) is 16.7 Å². The lowest BCUT2D eigenvalue weighted by Gasteiger charge is -2.25. The lowest BCUT2D eigenvalue weighted by molar-refractivity contribution is 0.389. The molecule has 0 radical (unpaired) electrons. The number of nitrogens with one attached hydrogen (secondary N) is 3. The van der Waals surface area contributed by atoms with Crippen LogP contribution in [0.4, 0.5) is 0 Å². The van der Waals surface area contributed by atoms with E-state index in [0.717, 1.165) is 19.4 Å². The number of hydrogen-bond donors (Lipinski definition) is 9. The Balaban J connectivity index is -0.000000254. The fraction of sp³-hybridized carbons (Fsp3) is 0.273. The van der Waals surface area contributed by atoms with Crippen LogP contribution in [0.2, 0.25) is 0 Å². The second-order valence-electron chi connectivity index (χ2n) is 11.1. The zero-order valence-corrected chi connectivity index (χ0v) is 34.9. The third-order valence-electron chi connectivity index (χ3n) is 6.70. The van der Waals surface area contributed by atoms with Crippen LogP contribution in [0, 0.1) is 38.5 Å². The maximum Gasteiger partial charge on any atom is 0.116 e. The number of benzene rings is 3. The molecule has 16 nitrogen and oxygen atoms in total. The summed E-state index contributed by atoms with van der Waals surface area (Å²) in [5, 5.41) is 20.5. The molecule has 0 bridgehead atoms. The summed E-state index contributed by atoms with van der Waals surface area (Å²) >= 11 is 0. The molecule has 0 saturated carbocycles. The molecule has 4 rings (SSSR count). The van der Waals surface area contributed by atoms with E-state index >= 15 is 0 Å². The Hall–Kier alpha value is -7.51. The molecule has 1 heterocycles. The van der Waals surface area contributed by atoms with E-state index in [2.05, 4.69) is 118 Å². The first kappa shape index (κ1) is 64.4. The van der Waals surface area contributed by atoms with Crippen LogP contribution in [0.3, 0.4) is 0 Å². The first-order valence-electron chi connectivity index (χ1n) is 17.7. The van der Waals surface area contributed by atoms with Gasteiger partial charge >= 0.3 is 0 Å². The quantitative estimate of drug-likeness (QED) is 0.0207. The summed E-state index contributed by atoms with van der Waals surface area (Å²) in [4.78, 5) is 4.48. The highest BCUT2D eigenvalue weighted by Crippen LogP contribution is 2.05. The Morgan fingerprint density at radius 3 is 1.37 bits per heavy atom. The molecule has 0 aliphatic heterocycles. The Bertz CT molecular complexity index is 1620. The van der Waals surface area contributed by atoms with Gasteiger partial charge in [0.2, 0.25) is 0 Å². The fourth-order valence-electron chi connectivity index (χ4n) is 4.25. The van der Waals surface area contributed by atoms with E-state index in [1.807, 2.05) is 89.7 Å². The molecule has 4 aromatic rings. The summed E-state index contributed by atoms with van der Waals surface area (Å²) in [5.41, 5.74) is 31.6. The van der Waals surface area contributed by atoms with E-state index in [0.29, 0.717) is 56.5 Å². The molecule has 0 atom stereocenters. The second kappa shape index (κ2) is 47.6. The van der Waals surface area contributed by atoms with Crippen molar-refractivity contribution in [1.82, 2.24) is 54.3 Å². The highest BCUT2D eigenvalue weighted by molar-refractivity contribution is 5.18. The molecule has 18 N–H and O–H groups in total. The van der Waals surface area contributed by atoms with Crippen molar-refractivity contribution in [2.24, 2.45) is 22.3 Å². The SMILES string of the molecule is C.C#C.C#C.C#C.CCCN=[N+]=[N-].CCCn1ccnn1.N.N.N.N/C(=C\NCc1ccccc1)CN(C/C(N)=C/NCc1ccccc1)/C(N)=C/NCc1ccccc1. The number of nitrogens with two attached hydrogens (primary N) is 3. The van der Waals surface area contributed by atoms with E-state index in [1.54, 1.807) is 12.4 Å². The molecular formula is C44H72N16. The van der Waals surface area contributed by atoms with Gasteiger partial charge < -0.3 is 56.5 Å². The molecule has 0 amide bonds. The molecule has 0 saturated heterocycles. The van der Waals surface area contributed by atoms with Crippen molar-refractivity contribution in [3.05, 3.63) is 166 Å². The van der Waals surface area contributed by atoms with Gasteiger partial charge in [0.1, 0.15) is 5.82 Å². The van der Waals surface area contributed by atoms with Gasteiger partial charge in [-0.15, -0.1) is 43.6 Å². The molecule has 1 aromatic heterocycles. The summed E-state index contributed by atoms with van der Waals surface area (Å²) in [5.74, 6) is 0.546. The Labute approximate surface area is 360 Å². The van der Waals surface area contributed by atoms with E-state index in [9.17, 15) is 0 Å². The number of hydrogen-bond acceptors (Lipinski definition) is 13. The minimum absolute atomic E-state index is 0. The number of rotatable bonds is 18. The molecule has 0 unspecified atom stereocenters. The fourth-order valence-corrected chi connectivity index (χ4v) is 4.25. The predicted octanol–water partition coefficient (Wildman–Crippen LogP) is 7.28. The normalized spacial score (nSPS) is 9.37. The van der Waals surface area contributed by atoms with Gasteiger partial charge in [0, 0.05) is 73.8 Å². The van der Waals surface area contributed by atoms with Crippen LogP contribution < -0.4 is 51.6 Å². The number of azide groups is 1. The maximum atomic E-state index is 7.66. The molecule has 16 heteroatoms. The first-order chi connectivity index (χ1) is 27.4. The zero-order chi connectivity index (χ0) is 42.1. The third-order valence-corrected chi connectivity index (χ3v) is 6.70. The lowest BCUT2D eigenvalue weighted by atomic mass is 10.2. The average molecular weight is 825 g/mol. The van der Waals surface area contributed by atoms with Crippen LogP contribution in [0.25, 0.3) is 10.4 Å². The summed E-state index contributed by atoms with van der Waals surface area (Å²) in [7, 11) is 0. The van der Waals surface area contributed by atoms with Crippen LogP contribution in [0.15, 0.2) is 144 Å². The minimum Gasteiger partial charge on any atom is -0.399 e. The highest BCUT2D eigenvalue weighted by atomic mass is 15.4. The van der Waals surface area contributed by atoms with Gasteiger partial charge in [0.05, 0.1) is 19.3 Å². The predicted molar refractivity (Wildman–Crippen MR) is 254 cm³/mol. The Kier molecular flexibility index (Phi) is 51.1. The van der Waals surface area contributed by atoms with Crippen molar-refractivity contribution in [2.45, 2.75) is 60.3 Å². The average Bonchev–Trinajstić information content (AvgIpc) is 3.77. The van der Waals surface area contributed by atoms with Crippen molar-refractivity contribution < 1.29 is 0 Å². The zero-order valence-electron chi connectivity index (χ0n) is 34.9. The maximum absolute atomic E-state index is 7.66. The standard InChI is InChI=1S/C29H37N7.C5H9N3.C3H7N3.3C2H2.CH4.3H3N/c30-27(19-33-16-24-10-4-1-5-11-24)22-36(29(32)21-35-18-26-14-8-3-9-15-26)23-28(31)20-34-17-25-12-6-2-7-13-25;1-2-4-8-5-3-6-7-8;1-2-3-5-6-4;3*1-2;;;;/h1-15,19-21,33-35H,16-18,22-23,30-32H2;3,5H,2,4H2,1H3;2-3H2,1H3;3*1-2H;1H4;3*1H3/b27-19-,28-20-,29-21+;;;;;;;;;. The van der Waals surface area contributed by atoms with Crippen molar-refractivity contribution in [1.29, 1.82) is 0 Å². The molecular weight excluding hydrogens is 753 g/mol. The minimum atomic E-state index is 0. The van der Waals surface area contributed by atoms with Crippen LogP contribution in [-0.2, 0) is 26.2 Å². The monoisotopic (exact) mass is 825 g/mol. The third kappa shape index (κ3) is 34.9. The highest BCUT2D eigenvalue weighted by Gasteiger charge is 2.10. The second-order valence-corrected chi connectivity index (χ2v) is 11.1. The summed E-state index contributed by atoms with van der Waals surface area (Å²) in [6.07, 6.45) is 35.0. The van der Waals surface area contributed by atoms with E-state index < -0.39 is 0 Å². The molecule has 60 heavy (non-hydrogen) atoms. The van der Waals surface area contributed by atoms with Gasteiger partial charge in [-0.05, 0) is 28.6 Å². The number of aryl methyl sites for hydroxylation is 1. The van der Waals surface area contributed by atoms with Crippen LogP contribution in [0.1, 0.15) is 50.8 Å². The van der Waals surface area contributed by atoms with Gasteiger partial charge in [-0.1, -0.05) is 129 Å². The molecule has 0 fully saturated rings. The van der Waals surface area contributed by atoms with Crippen molar-refractivity contribution in [3.63, 3.8) is 0 Å². The number of aromatic nitrogens is 3. The first-order valence-corrected chi connectivity index (χ1v) is 17.7. The van der Waals surface area contributed by atoms with Gasteiger partial charge in [-0.25, -0.2) is 0 Å². The van der Waals surface area contributed by atoms with Crippen molar-refractivity contribution in [3.8, 4) is 38.5 Å². The van der Waals surface area contributed by atoms with Gasteiger partial charge in [0.25, 0.3) is 0 Å². The summed E-state index contributed by atoms with van der Waals surface area (Å²) < 4.78 is 1.82. The van der Waals surface area contributed by atoms with Crippen LogP contribution in [-0.4, -0.2) is 39.5 Å². The summed E-state index contributed by atoms with van der Waals surface area (Å²) in [6, 6.07) is 30.5. The smallest absolute Gasteiger partial charge is 0.116 e. The van der Waals surface area contributed by atoms with E-state index in [-0.39, 0.29) is 25.9 Å². The van der Waals surface area contributed by atoms with Crippen molar-refractivity contribution in [2.75, 3.05) is 19.6 Å². The van der Waals surface area contributed by atoms with E-state index in [4.69, 9.17) is 22.7 Å². The topological polar surface area (TPSA) is 302 Å². The largest absolute Gasteiger partial charge is 0.399 e. The Morgan fingerprint density at radius 2 is 1.07 bits per heavy atom. The molecule has 0 spiro atoms. The number of terminal acetylenes is 3. The van der Waals surface area contributed by atoms with Gasteiger partial charge in [-0.2, -0.15) is 0 Å². The van der Waals surface area contributed by atoms with Gasteiger partial charge in [-0.3, -0.25) is 4.68 Å². The molecule has 3 aromatic carbocycles. The Morgan fingerprint density at radius 1 is 0.683 bits per heavy atom. The van der Waals surface area contributed by atoms with Crippen molar-refractivity contribution >= 4 is 0 Å². The molecule has 328 valence electrons. The lowest BCUT2D eigenvalue weighted by Crippen LogP contribution is -2.36.